The molecule has 0 unspecified atom stereocenters. The van der Waals surface area contributed by atoms with Gasteiger partial charge in [-0.25, -0.2) is 8.42 Å². The second-order valence-electron chi connectivity index (χ2n) is 5.14. The van der Waals surface area contributed by atoms with Crippen LogP contribution in [0.15, 0.2) is 53.8 Å². The molecule has 3 rings (SSSR count). The number of primary amides is 1. The van der Waals surface area contributed by atoms with Gasteiger partial charge in [-0.2, -0.15) is 0 Å². The fourth-order valence-electron chi connectivity index (χ4n) is 2.29. The maximum atomic E-state index is 11.5. The van der Waals surface area contributed by atoms with Crippen LogP contribution in [0.4, 0.5) is 0 Å². The average Bonchev–Trinajstić information content (AvgIpc) is 2.53. The van der Waals surface area contributed by atoms with E-state index in [0.717, 1.165) is 22.8 Å². The molecule has 3 aromatic rings. The Morgan fingerprint density at radius 1 is 1.09 bits per heavy atom. The Labute approximate surface area is 132 Å². The van der Waals surface area contributed by atoms with Crippen LogP contribution in [0.5, 0.6) is 0 Å². The van der Waals surface area contributed by atoms with Crippen LogP contribution < -0.4 is 5.73 Å². The zero-order valence-electron chi connectivity index (χ0n) is 12.2. The molecule has 0 saturated heterocycles. The van der Waals surface area contributed by atoms with Crippen molar-refractivity contribution in [3.05, 3.63) is 54.5 Å². The lowest BCUT2D eigenvalue weighted by atomic mass is 10.0. The van der Waals surface area contributed by atoms with Crippen LogP contribution in [0.25, 0.3) is 22.0 Å². The van der Waals surface area contributed by atoms with Crippen LogP contribution in [0.1, 0.15) is 10.4 Å². The zero-order valence-corrected chi connectivity index (χ0v) is 13.0. The highest BCUT2D eigenvalue weighted by molar-refractivity contribution is 7.90. The van der Waals surface area contributed by atoms with Crippen LogP contribution in [-0.4, -0.2) is 30.5 Å². The summed E-state index contributed by atoms with van der Waals surface area (Å²) in [6.07, 6.45) is 5.80. The number of benzene rings is 1. The van der Waals surface area contributed by atoms with Gasteiger partial charge in [-0.1, -0.05) is 12.1 Å². The molecule has 0 fully saturated rings. The van der Waals surface area contributed by atoms with E-state index in [2.05, 4.69) is 9.97 Å². The summed E-state index contributed by atoms with van der Waals surface area (Å²) in [7, 11) is -3.25. The molecule has 6 nitrogen and oxygen atoms in total. The third kappa shape index (κ3) is 2.91. The second-order valence-corrected chi connectivity index (χ2v) is 7.15. The van der Waals surface area contributed by atoms with Crippen LogP contribution in [0, 0.1) is 0 Å². The SMILES string of the molecule is CS(=O)(=O)c1ccc(-c2cncc3ncc(C(N)=O)cc23)cc1. The highest BCUT2D eigenvalue weighted by atomic mass is 32.2. The van der Waals surface area contributed by atoms with Crippen molar-refractivity contribution < 1.29 is 13.2 Å². The smallest absolute Gasteiger partial charge is 0.250 e. The minimum absolute atomic E-state index is 0.241. The summed E-state index contributed by atoms with van der Waals surface area (Å²) in [6.45, 7) is 0. The Hall–Kier alpha value is -2.80. The number of carbonyl (C=O) groups is 1. The van der Waals surface area contributed by atoms with E-state index in [1.54, 1.807) is 30.6 Å². The molecule has 2 heterocycles. The molecule has 0 aliphatic carbocycles. The van der Waals surface area contributed by atoms with Gasteiger partial charge in [0.2, 0.25) is 5.91 Å². The molecule has 0 bridgehead atoms. The summed E-state index contributed by atoms with van der Waals surface area (Å²) < 4.78 is 23.1. The standard InChI is InChI=1S/C16H13N3O3S/c1-23(21,22)12-4-2-10(3-5-12)14-8-18-9-15-13(14)6-11(7-19-15)16(17)20/h2-9H,1H3,(H2,17,20). The zero-order chi connectivity index (χ0) is 16.6. The molecule has 0 aliphatic heterocycles. The number of rotatable bonds is 3. The highest BCUT2D eigenvalue weighted by Gasteiger charge is 2.11. The van der Waals surface area contributed by atoms with Gasteiger partial charge in [0.15, 0.2) is 9.84 Å². The predicted molar refractivity (Wildman–Crippen MR) is 86.6 cm³/mol. The summed E-state index contributed by atoms with van der Waals surface area (Å²) in [5.41, 5.74) is 7.75. The van der Waals surface area contributed by atoms with E-state index in [1.165, 1.54) is 18.3 Å². The molecule has 116 valence electrons. The number of nitrogens with zero attached hydrogens (tertiary/aromatic N) is 2. The number of amides is 1. The molecule has 0 radical (unpaired) electrons. The number of aromatic nitrogens is 2. The molecular formula is C16H13N3O3S. The first-order chi connectivity index (χ1) is 10.9. The summed E-state index contributed by atoms with van der Waals surface area (Å²) in [5.74, 6) is -0.561. The molecule has 1 amide bonds. The molecule has 23 heavy (non-hydrogen) atoms. The number of hydrogen-bond acceptors (Lipinski definition) is 5. The third-order valence-corrected chi connectivity index (χ3v) is 4.62. The van der Waals surface area contributed by atoms with Crippen molar-refractivity contribution in [3.8, 4) is 11.1 Å². The largest absolute Gasteiger partial charge is 0.366 e. The Kier molecular flexibility index (Phi) is 3.57. The molecule has 0 atom stereocenters. The van der Waals surface area contributed by atoms with Gasteiger partial charge in [-0.15, -0.1) is 0 Å². The van der Waals surface area contributed by atoms with Gasteiger partial charge < -0.3 is 5.73 Å². The van der Waals surface area contributed by atoms with Crippen LogP contribution in [0.2, 0.25) is 0 Å². The summed E-state index contributed by atoms with van der Waals surface area (Å²) in [6, 6.07) is 8.13. The average molecular weight is 327 g/mol. The molecular weight excluding hydrogens is 314 g/mol. The molecule has 1 aromatic carbocycles. The van der Waals surface area contributed by atoms with E-state index in [1.807, 2.05) is 0 Å². The Balaban J connectivity index is 2.19. The van der Waals surface area contributed by atoms with Gasteiger partial charge in [0.25, 0.3) is 0 Å². The number of hydrogen-bond donors (Lipinski definition) is 1. The van der Waals surface area contributed by atoms with E-state index < -0.39 is 15.7 Å². The van der Waals surface area contributed by atoms with Crippen molar-refractivity contribution in [2.24, 2.45) is 5.73 Å². The number of pyridine rings is 2. The lowest BCUT2D eigenvalue weighted by molar-refractivity contribution is 0.1000. The first kappa shape index (κ1) is 15.1. The molecule has 2 N–H and O–H groups in total. The summed E-state index contributed by atoms with van der Waals surface area (Å²) >= 11 is 0. The fraction of sp³-hybridized carbons (Fsp3) is 0.0625. The van der Waals surface area contributed by atoms with Crippen LogP contribution in [-0.2, 0) is 9.84 Å². The summed E-state index contributed by atoms with van der Waals surface area (Å²) in [5, 5.41) is 0.725. The van der Waals surface area contributed by atoms with Crippen LogP contribution in [0.3, 0.4) is 0 Å². The number of sulfone groups is 1. The lowest BCUT2D eigenvalue weighted by Gasteiger charge is -2.07. The fourth-order valence-corrected chi connectivity index (χ4v) is 2.92. The van der Waals surface area contributed by atoms with Gasteiger partial charge >= 0.3 is 0 Å². The molecule has 0 spiro atoms. The van der Waals surface area contributed by atoms with Gasteiger partial charge in [0.05, 0.1) is 22.2 Å². The normalized spacial score (nSPS) is 11.5. The maximum Gasteiger partial charge on any atom is 0.250 e. The number of carbonyl (C=O) groups excluding carboxylic acids is 1. The van der Waals surface area contributed by atoms with Gasteiger partial charge in [-0.3, -0.25) is 14.8 Å². The quantitative estimate of drug-likeness (QED) is 0.790. The van der Waals surface area contributed by atoms with E-state index in [0.29, 0.717) is 11.1 Å². The predicted octanol–water partition coefficient (Wildman–Crippen LogP) is 1.80. The van der Waals surface area contributed by atoms with Crippen molar-refractivity contribution in [2.75, 3.05) is 6.26 Å². The molecule has 7 heteroatoms. The third-order valence-electron chi connectivity index (χ3n) is 3.49. The maximum absolute atomic E-state index is 11.5. The van der Waals surface area contributed by atoms with Crippen molar-refractivity contribution >= 4 is 26.6 Å². The van der Waals surface area contributed by atoms with Crippen LogP contribution >= 0.6 is 0 Å². The Bertz CT molecular complexity index is 1010. The number of nitrogens with two attached hydrogens (primary N) is 1. The second kappa shape index (κ2) is 5.44. The van der Waals surface area contributed by atoms with Crippen molar-refractivity contribution in [2.45, 2.75) is 4.90 Å². The van der Waals surface area contributed by atoms with E-state index in [4.69, 9.17) is 5.73 Å². The number of fused-ring (bicyclic) bond motifs is 1. The highest BCUT2D eigenvalue weighted by Crippen LogP contribution is 2.28. The van der Waals surface area contributed by atoms with E-state index in [9.17, 15) is 13.2 Å². The van der Waals surface area contributed by atoms with Crippen molar-refractivity contribution in [1.29, 1.82) is 0 Å². The lowest BCUT2D eigenvalue weighted by Crippen LogP contribution is -2.11. The van der Waals surface area contributed by atoms with E-state index >= 15 is 0 Å². The topological polar surface area (TPSA) is 103 Å². The minimum Gasteiger partial charge on any atom is -0.366 e. The Morgan fingerprint density at radius 2 is 1.78 bits per heavy atom. The van der Waals surface area contributed by atoms with Crippen molar-refractivity contribution in [3.63, 3.8) is 0 Å². The summed E-state index contributed by atoms with van der Waals surface area (Å²) in [4.78, 5) is 19.9. The first-order valence-electron chi connectivity index (χ1n) is 6.70. The monoisotopic (exact) mass is 327 g/mol. The Morgan fingerprint density at radius 3 is 2.39 bits per heavy atom. The van der Waals surface area contributed by atoms with Gasteiger partial charge in [-0.05, 0) is 23.8 Å². The van der Waals surface area contributed by atoms with Gasteiger partial charge in [0.1, 0.15) is 0 Å². The minimum atomic E-state index is -3.25. The first-order valence-corrected chi connectivity index (χ1v) is 8.59. The molecule has 2 aromatic heterocycles. The molecule has 0 aliphatic rings. The van der Waals surface area contributed by atoms with Crippen molar-refractivity contribution in [1.82, 2.24) is 9.97 Å². The van der Waals surface area contributed by atoms with Gasteiger partial charge in [0, 0.05) is 29.6 Å². The van der Waals surface area contributed by atoms with E-state index in [-0.39, 0.29) is 4.90 Å². The molecule has 0 saturated carbocycles.